The van der Waals surface area contributed by atoms with Gasteiger partial charge in [-0.2, -0.15) is 0 Å². The summed E-state index contributed by atoms with van der Waals surface area (Å²) in [6, 6.07) is 0. The average molecular weight is 226 g/mol. The largest absolute Gasteiger partial charge is 0.378 e. The third-order valence-corrected chi connectivity index (χ3v) is 4.09. The van der Waals surface area contributed by atoms with Gasteiger partial charge in [0.15, 0.2) is 0 Å². The fourth-order valence-corrected chi connectivity index (χ4v) is 2.41. The third kappa shape index (κ3) is 4.42. The van der Waals surface area contributed by atoms with Gasteiger partial charge in [-0.3, -0.25) is 0 Å². The fourth-order valence-electron chi connectivity index (χ4n) is 2.41. The second-order valence-electron chi connectivity index (χ2n) is 5.49. The lowest BCUT2D eigenvalue weighted by molar-refractivity contribution is 0.0803. The normalized spacial score (nSPS) is 26.4. The molecule has 2 nitrogen and oxygen atoms in total. The number of ether oxygens (including phenoxy) is 2. The van der Waals surface area contributed by atoms with E-state index in [1.165, 1.54) is 44.9 Å². The van der Waals surface area contributed by atoms with Gasteiger partial charge in [0.25, 0.3) is 0 Å². The van der Waals surface area contributed by atoms with E-state index in [9.17, 15) is 0 Å². The van der Waals surface area contributed by atoms with Gasteiger partial charge in [0.1, 0.15) is 6.10 Å². The number of hydrogen-bond donors (Lipinski definition) is 0. The van der Waals surface area contributed by atoms with Crippen LogP contribution in [0.2, 0.25) is 0 Å². The standard InChI is InChI=1S/C14H26O2/c1-2-12(9-15-10-14-11-16-14)5-3-6-13-7-4-8-13/h12-14H,2-11H2,1H3. The molecule has 2 rings (SSSR count). The molecular weight excluding hydrogens is 200 g/mol. The summed E-state index contributed by atoms with van der Waals surface area (Å²) in [5.74, 6) is 1.84. The highest BCUT2D eigenvalue weighted by Gasteiger charge is 2.23. The van der Waals surface area contributed by atoms with E-state index >= 15 is 0 Å². The maximum Gasteiger partial charge on any atom is 0.104 e. The first kappa shape index (κ1) is 12.4. The van der Waals surface area contributed by atoms with E-state index in [-0.39, 0.29) is 0 Å². The van der Waals surface area contributed by atoms with Crippen LogP contribution in [0.5, 0.6) is 0 Å². The quantitative estimate of drug-likeness (QED) is 0.562. The Morgan fingerprint density at radius 3 is 2.75 bits per heavy atom. The van der Waals surface area contributed by atoms with Gasteiger partial charge >= 0.3 is 0 Å². The van der Waals surface area contributed by atoms with Crippen molar-refractivity contribution in [2.75, 3.05) is 19.8 Å². The van der Waals surface area contributed by atoms with E-state index in [1.807, 2.05) is 0 Å². The Bertz CT molecular complexity index is 185. The first-order chi connectivity index (χ1) is 7.88. The SMILES string of the molecule is CCC(CCCC1CCC1)COCC1CO1. The van der Waals surface area contributed by atoms with Crippen LogP contribution < -0.4 is 0 Å². The molecule has 0 N–H and O–H groups in total. The molecule has 0 aromatic heterocycles. The van der Waals surface area contributed by atoms with E-state index in [4.69, 9.17) is 9.47 Å². The highest BCUT2D eigenvalue weighted by atomic mass is 16.6. The molecule has 2 heteroatoms. The minimum absolute atomic E-state index is 0.424. The molecule has 1 aliphatic heterocycles. The van der Waals surface area contributed by atoms with Crippen molar-refractivity contribution in [2.24, 2.45) is 11.8 Å². The molecule has 2 unspecified atom stereocenters. The summed E-state index contributed by atoms with van der Waals surface area (Å²) in [5, 5.41) is 0. The Morgan fingerprint density at radius 1 is 1.38 bits per heavy atom. The second-order valence-corrected chi connectivity index (χ2v) is 5.49. The molecule has 0 aromatic carbocycles. The van der Waals surface area contributed by atoms with Crippen LogP contribution in [0, 0.1) is 11.8 Å². The van der Waals surface area contributed by atoms with Crippen molar-refractivity contribution in [3.05, 3.63) is 0 Å². The van der Waals surface area contributed by atoms with E-state index in [1.54, 1.807) is 0 Å². The van der Waals surface area contributed by atoms with Crippen LogP contribution in [0.3, 0.4) is 0 Å². The fraction of sp³-hybridized carbons (Fsp3) is 1.00. The maximum absolute atomic E-state index is 5.68. The van der Waals surface area contributed by atoms with Gasteiger partial charge in [-0.05, 0) is 18.3 Å². The van der Waals surface area contributed by atoms with Crippen molar-refractivity contribution < 1.29 is 9.47 Å². The van der Waals surface area contributed by atoms with Gasteiger partial charge in [-0.25, -0.2) is 0 Å². The molecule has 0 aromatic rings. The molecule has 16 heavy (non-hydrogen) atoms. The average Bonchev–Trinajstić information content (AvgIpc) is 3.02. The molecule has 0 spiro atoms. The molecule has 0 amide bonds. The molecule has 94 valence electrons. The van der Waals surface area contributed by atoms with Crippen molar-refractivity contribution in [3.63, 3.8) is 0 Å². The molecule has 1 aliphatic carbocycles. The molecule has 2 fully saturated rings. The lowest BCUT2D eigenvalue weighted by Gasteiger charge is -2.25. The van der Waals surface area contributed by atoms with E-state index in [2.05, 4.69) is 6.92 Å². The van der Waals surface area contributed by atoms with Crippen molar-refractivity contribution in [1.29, 1.82) is 0 Å². The predicted octanol–water partition coefficient (Wildman–Crippen LogP) is 3.40. The van der Waals surface area contributed by atoms with Crippen LogP contribution in [-0.4, -0.2) is 25.9 Å². The van der Waals surface area contributed by atoms with E-state index in [0.717, 1.165) is 31.7 Å². The Kier molecular flexibility index (Phi) is 5.11. The maximum atomic E-state index is 5.68. The minimum atomic E-state index is 0.424. The zero-order chi connectivity index (χ0) is 11.2. The summed E-state index contributed by atoms with van der Waals surface area (Å²) in [7, 11) is 0. The molecule has 0 bridgehead atoms. The molecule has 2 atom stereocenters. The highest BCUT2D eigenvalue weighted by molar-refractivity contribution is 4.71. The summed E-state index contributed by atoms with van der Waals surface area (Å²) in [5.41, 5.74) is 0. The van der Waals surface area contributed by atoms with Crippen LogP contribution in [-0.2, 0) is 9.47 Å². The predicted molar refractivity (Wildman–Crippen MR) is 65.5 cm³/mol. The van der Waals surface area contributed by atoms with Gasteiger partial charge in [-0.1, -0.05) is 45.4 Å². The Balaban J connectivity index is 1.46. The van der Waals surface area contributed by atoms with Crippen LogP contribution in [0.15, 0.2) is 0 Å². The Morgan fingerprint density at radius 2 is 2.19 bits per heavy atom. The third-order valence-electron chi connectivity index (χ3n) is 4.09. The summed E-state index contributed by atoms with van der Waals surface area (Å²) in [6.07, 6.45) is 10.4. The second kappa shape index (κ2) is 6.61. The first-order valence-electron chi connectivity index (χ1n) is 7.07. The van der Waals surface area contributed by atoms with E-state index < -0.39 is 0 Å². The van der Waals surface area contributed by atoms with Crippen LogP contribution in [0.1, 0.15) is 51.9 Å². The van der Waals surface area contributed by atoms with Crippen LogP contribution in [0.4, 0.5) is 0 Å². The van der Waals surface area contributed by atoms with Gasteiger partial charge < -0.3 is 9.47 Å². The Hall–Kier alpha value is -0.0800. The zero-order valence-corrected chi connectivity index (χ0v) is 10.6. The van der Waals surface area contributed by atoms with Gasteiger partial charge in [0.2, 0.25) is 0 Å². The highest BCUT2D eigenvalue weighted by Crippen LogP contribution is 2.31. The lowest BCUT2D eigenvalue weighted by Crippen LogP contribution is -2.14. The molecule has 1 heterocycles. The number of epoxide rings is 1. The summed E-state index contributed by atoms with van der Waals surface area (Å²) >= 11 is 0. The smallest absolute Gasteiger partial charge is 0.104 e. The minimum Gasteiger partial charge on any atom is -0.378 e. The van der Waals surface area contributed by atoms with Crippen molar-refractivity contribution in [1.82, 2.24) is 0 Å². The lowest BCUT2D eigenvalue weighted by atomic mass is 9.81. The van der Waals surface area contributed by atoms with Crippen LogP contribution >= 0.6 is 0 Å². The molecule has 1 saturated carbocycles. The summed E-state index contributed by atoms with van der Waals surface area (Å²) < 4.78 is 10.8. The molecular formula is C14H26O2. The van der Waals surface area contributed by atoms with Crippen molar-refractivity contribution in [2.45, 2.75) is 58.0 Å². The topological polar surface area (TPSA) is 21.8 Å². The number of hydrogen-bond acceptors (Lipinski definition) is 2. The van der Waals surface area contributed by atoms with Gasteiger partial charge in [0.05, 0.1) is 13.2 Å². The van der Waals surface area contributed by atoms with Gasteiger partial charge in [-0.15, -0.1) is 0 Å². The van der Waals surface area contributed by atoms with Crippen molar-refractivity contribution in [3.8, 4) is 0 Å². The summed E-state index contributed by atoms with van der Waals surface area (Å²) in [4.78, 5) is 0. The number of rotatable bonds is 9. The zero-order valence-electron chi connectivity index (χ0n) is 10.6. The Labute approximate surface area is 99.7 Å². The van der Waals surface area contributed by atoms with E-state index in [0.29, 0.717) is 6.10 Å². The van der Waals surface area contributed by atoms with Gasteiger partial charge in [0, 0.05) is 6.61 Å². The molecule has 2 aliphatic rings. The van der Waals surface area contributed by atoms with Crippen molar-refractivity contribution >= 4 is 0 Å². The van der Waals surface area contributed by atoms with Crippen LogP contribution in [0.25, 0.3) is 0 Å². The summed E-state index contributed by atoms with van der Waals surface area (Å²) in [6.45, 7) is 4.96. The molecule has 0 radical (unpaired) electrons. The first-order valence-corrected chi connectivity index (χ1v) is 7.07. The molecule has 1 saturated heterocycles. The monoisotopic (exact) mass is 226 g/mol.